The van der Waals surface area contributed by atoms with Gasteiger partial charge < -0.3 is 20.5 Å². The first-order chi connectivity index (χ1) is 9.72. The summed E-state index contributed by atoms with van der Waals surface area (Å²) in [6.45, 7) is 0. The first-order valence-electron chi connectivity index (χ1n) is 5.86. The molecule has 0 unspecified atom stereocenters. The van der Waals surface area contributed by atoms with Gasteiger partial charge in [-0.2, -0.15) is 0 Å². The summed E-state index contributed by atoms with van der Waals surface area (Å²) < 4.78 is 5.45. The van der Waals surface area contributed by atoms with Gasteiger partial charge in [-0.15, -0.1) is 5.10 Å². The summed E-state index contributed by atoms with van der Waals surface area (Å²) in [5, 5.41) is 10.7. The van der Waals surface area contributed by atoms with Crippen molar-refractivity contribution in [3.8, 4) is 11.6 Å². The average molecular weight is 269 g/mol. The zero-order valence-corrected chi connectivity index (χ0v) is 10.3. The van der Waals surface area contributed by atoms with Gasteiger partial charge in [-0.3, -0.25) is 4.79 Å². The number of hydrogen-bond donors (Lipinski definition) is 3. The number of aromatic amines is 1. The van der Waals surface area contributed by atoms with Crippen molar-refractivity contribution in [1.29, 1.82) is 0 Å². The normalized spacial score (nSPS) is 10.4. The highest BCUT2D eigenvalue weighted by Crippen LogP contribution is 2.21. The number of hydrogen-bond acceptors (Lipinski definition) is 5. The number of H-pyrrole nitrogens is 1. The SMILES string of the molecule is NC(=O)c1cccc(Nc2nnc(-c3ccc[nH]3)o2)c1. The van der Waals surface area contributed by atoms with Crippen LogP contribution in [0.3, 0.4) is 0 Å². The number of carbonyl (C=O) groups excluding carboxylic acids is 1. The van der Waals surface area contributed by atoms with Gasteiger partial charge in [0.2, 0.25) is 5.91 Å². The molecule has 0 saturated heterocycles. The van der Waals surface area contributed by atoms with E-state index in [1.807, 2.05) is 12.1 Å². The number of carbonyl (C=O) groups is 1. The van der Waals surface area contributed by atoms with Gasteiger partial charge in [-0.05, 0) is 30.3 Å². The maximum Gasteiger partial charge on any atom is 0.320 e. The lowest BCUT2D eigenvalue weighted by Crippen LogP contribution is -2.10. The van der Waals surface area contributed by atoms with Crippen molar-refractivity contribution < 1.29 is 9.21 Å². The van der Waals surface area contributed by atoms with Gasteiger partial charge in [-0.1, -0.05) is 11.2 Å². The molecular formula is C13H11N5O2. The van der Waals surface area contributed by atoms with Crippen molar-refractivity contribution in [2.75, 3.05) is 5.32 Å². The molecule has 7 heteroatoms. The minimum Gasteiger partial charge on any atom is -0.402 e. The molecule has 0 bridgehead atoms. The smallest absolute Gasteiger partial charge is 0.320 e. The number of nitrogens with zero attached hydrogens (tertiary/aromatic N) is 2. The molecule has 2 heterocycles. The number of amides is 1. The fourth-order valence-electron chi connectivity index (χ4n) is 1.72. The van der Waals surface area contributed by atoms with E-state index in [1.165, 1.54) is 0 Å². The van der Waals surface area contributed by atoms with Crippen molar-refractivity contribution in [1.82, 2.24) is 15.2 Å². The van der Waals surface area contributed by atoms with Gasteiger partial charge in [0.25, 0.3) is 5.89 Å². The third kappa shape index (κ3) is 2.37. The van der Waals surface area contributed by atoms with E-state index in [-0.39, 0.29) is 6.01 Å². The third-order valence-corrected chi connectivity index (χ3v) is 2.65. The quantitative estimate of drug-likeness (QED) is 0.670. The molecule has 1 aromatic carbocycles. The molecule has 0 radical (unpaired) electrons. The summed E-state index contributed by atoms with van der Waals surface area (Å²) in [6.07, 6.45) is 1.77. The van der Waals surface area contributed by atoms with Crippen LogP contribution < -0.4 is 11.1 Å². The first kappa shape index (κ1) is 12.0. The van der Waals surface area contributed by atoms with Crippen LogP contribution in [0.25, 0.3) is 11.6 Å². The van der Waals surface area contributed by atoms with Crippen LogP contribution in [0.5, 0.6) is 0 Å². The molecule has 0 aliphatic carbocycles. The molecule has 0 saturated carbocycles. The molecule has 3 aromatic rings. The molecular weight excluding hydrogens is 258 g/mol. The highest BCUT2D eigenvalue weighted by molar-refractivity contribution is 5.93. The molecule has 4 N–H and O–H groups in total. The lowest BCUT2D eigenvalue weighted by atomic mass is 10.2. The molecule has 0 spiro atoms. The molecule has 2 aromatic heterocycles. The predicted molar refractivity (Wildman–Crippen MR) is 72.3 cm³/mol. The van der Waals surface area contributed by atoms with Crippen LogP contribution in [0.2, 0.25) is 0 Å². The van der Waals surface area contributed by atoms with Crippen LogP contribution in [-0.4, -0.2) is 21.1 Å². The number of anilines is 2. The molecule has 7 nitrogen and oxygen atoms in total. The number of primary amides is 1. The minimum absolute atomic E-state index is 0.233. The Morgan fingerprint density at radius 2 is 2.15 bits per heavy atom. The second kappa shape index (κ2) is 4.88. The van der Waals surface area contributed by atoms with Gasteiger partial charge >= 0.3 is 6.01 Å². The van der Waals surface area contributed by atoms with E-state index in [0.717, 1.165) is 5.69 Å². The fourth-order valence-corrected chi connectivity index (χ4v) is 1.72. The van der Waals surface area contributed by atoms with Gasteiger partial charge in [-0.25, -0.2) is 0 Å². The molecule has 0 aliphatic heterocycles. The van der Waals surface area contributed by atoms with E-state index in [0.29, 0.717) is 17.1 Å². The fraction of sp³-hybridized carbons (Fsp3) is 0. The van der Waals surface area contributed by atoms with Crippen LogP contribution in [-0.2, 0) is 0 Å². The molecule has 3 rings (SSSR count). The third-order valence-electron chi connectivity index (χ3n) is 2.65. The van der Waals surface area contributed by atoms with E-state index in [2.05, 4.69) is 20.5 Å². The van der Waals surface area contributed by atoms with Crippen molar-refractivity contribution in [2.24, 2.45) is 5.73 Å². The van der Waals surface area contributed by atoms with E-state index in [9.17, 15) is 4.79 Å². The average Bonchev–Trinajstić information content (AvgIpc) is 3.09. The van der Waals surface area contributed by atoms with Crippen molar-refractivity contribution >= 4 is 17.6 Å². The highest BCUT2D eigenvalue weighted by Gasteiger charge is 2.09. The molecule has 1 amide bonds. The summed E-state index contributed by atoms with van der Waals surface area (Å²) in [5.41, 5.74) is 7.00. The number of rotatable bonds is 4. The summed E-state index contributed by atoms with van der Waals surface area (Å²) >= 11 is 0. The topological polar surface area (TPSA) is 110 Å². The van der Waals surface area contributed by atoms with Crippen LogP contribution >= 0.6 is 0 Å². The van der Waals surface area contributed by atoms with Gasteiger partial charge in [0, 0.05) is 17.4 Å². The minimum atomic E-state index is -0.494. The van der Waals surface area contributed by atoms with E-state index >= 15 is 0 Å². The summed E-state index contributed by atoms with van der Waals surface area (Å²) in [7, 11) is 0. The Hall–Kier alpha value is -3.09. The van der Waals surface area contributed by atoms with E-state index < -0.39 is 5.91 Å². The Kier molecular flexibility index (Phi) is 2.92. The summed E-state index contributed by atoms with van der Waals surface area (Å²) in [5.74, 6) is -0.116. The lowest BCUT2D eigenvalue weighted by Gasteiger charge is -2.02. The van der Waals surface area contributed by atoms with Gasteiger partial charge in [0.05, 0.1) is 0 Å². The Labute approximate surface area is 113 Å². The Morgan fingerprint density at radius 3 is 2.90 bits per heavy atom. The number of nitrogens with two attached hydrogens (primary N) is 1. The maximum atomic E-state index is 11.1. The monoisotopic (exact) mass is 269 g/mol. The second-order valence-electron chi connectivity index (χ2n) is 4.07. The Bertz CT molecular complexity index is 733. The van der Waals surface area contributed by atoms with Gasteiger partial charge in [0.15, 0.2) is 0 Å². The predicted octanol–water partition coefficient (Wildman–Crippen LogP) is 1.91. The molecule has 0 aliphatic rings. The summed E-state index contributed by atoms with van der Waals surface area (Å²) in [4.78, 5) is 14.1. The molecule has 0 atom stereocenters. The molecule has 100 valence electrons. The van der Waals surface area contributed by atoms with Crippen molar-refractivity contribution in [3.05, 3.63) is 48.2 Å². The second-order valence-corrected chi connectivity index (χ2v) is 4.07. The maximum absolute atomic E-state index is 11.1. The number of aromatic nitrogens is 3. The lowest BCUT2D eigenvalue weighted by molar-refractivity contribution is 0.100. The largest absolute Gasteiger partial charge is 0.402 e. The van der Waals surface area contributed by atoms with Crippen LogP contribution in [0.1, 0.15) is 10.4 Å². The Morgan fingerprint density at radius 1 is 1.25 bits per heavy atom. The molecule has 0 fully saturated rings. The van der Waals surface area contributed by atoms with Crippen molar-refractivity contribution in [3.63, 3.8) is 0 Å². The van der Waals surface area contributed by atoms with E-state index in [1.54, 1.807) is 30.5 Å². The zero-order valence-electron chi connectivity index (χ0n) is 10.3. The van der Waals surface area contributed by atoms with Crippen molar-refractivity contribution in [2.45, 2.75) is 0 Å². The number of benzene rings is 1. The first-order valence-corrected chi connectivity index (χ1v) is 5.86. The van der Waals surface area contributed by atoms with Crippen LogP contribution in [0.15, 0.2) is 47.0 Å². The number of nitrogens with one attached hydrogen (secondary N) is 2. The standard InChI is InChI=1S/C13H11N5O2/c14-11(19)8-3-1-4-9(7-8)16-13-18-17-12(20-13)10-5-2-6-15-10/h1-7,15H,(H2,14,19)(H,16,18). The highest BCUT2D eigenvalue weighted by atomic mass is 16.4. The Balaban J connectivity index is 1.81. The van der Waals surface area contributed by atoms with Gasteiger partial charge in [0.1, 0.15) is 5.69 Å². The van der Waals surface area contributed by atoms with Crippen LogP contribution in [0.4, 0.5) is 11.7 Å². The summed E-state index contributed by atoms with van der Waals surface area (Å²) in [6, 6.07) is 10.6. The van der Waals surface area contributed by atoms with Crippen LogP contribution in [0, 0.1) is 0 Å². The zero-order chi connectivity index (χ0) is 13.9. The van der Waals surface area contributed by atoms with E-state index in [4.69, 9.17) is 10.2 Å². The molecule has 20 heavy (non-hydrogen) atoms.